The number of rotatable bonds is 7. The Bertz CT molecular complexity index is 247. The fourth-order valence-corrected chi connectivity index (χ4v) is 2.74. The van der Waals surface area contributed by atoms with Gasteiger partial charge in [-0.3, -0.25) is 0 Å². The molecule has 1 rings (SSSR count). The van der Waals surface area contributed by atoms with Crippen molar-refractivity contribution in [2.75, 3.05) is 6.61 Å². The largest absolute Gasteiger partial charge is 0.394 e. The summed E-state index contributed by atoms with van der Waals surface area (Å²) in [6, 6.07) is -0.640. The predicted molar refractivity (Wildman–Crippen MR) is 70.3 cm³/mol. The molecule has 114 valence electrons. The fourth-order valence-electron chi connectivity index (χ4n) is 2.74. The van der Waals surface area contributed by atoms with Crippen molar-refractivity contribution in [3.05, 3.63) is 0 Å². The van der Waals surface area contributed by atoms with Gasteiger partial charge in [0.2, 0.25) is 0 Å². The Morgan fingerprint density at radius 1 is 0.895 bits per heavy atom. The Morgan fingerprint density at radius 2 is 1.47 bits per heavy atom. The van der Waals surface area contributed by atoms with Crippen LogP contribution in [0, 0.1) is 5.92 Å². The Balaban J connectivity index is 2.43. The molecule has 1 fully saturated rings. The van der Waals surface area contributed by atoms with Gasteiger partial charge in [-0.25, -0.2) is 0 Å². The van der Waals surface area contributed by atoms with E-state index >= 15 is 0 Å². The van der Waals surface area contributed by atoms with Crippen LogP contribution in [0.25, 0.3) is 0 Å². The minimum atomic E-state index is -1.60. The molecule has 6 heteroatoms. The molecule has 0 spiro atoms. The van der Waals surface area contributed by atoms with Crippen molar-refractivity contribution in [2.24, 2.45) is 11.7 Å². The summed E-state index contributed by atoms with van der Waals surface area (Å²) in [7, 11) is 0. The smallest absolute Gasteiger partial charge is 0.111 e. The van der Waals surface area contributed by atoms with Gasteiger partial charge in [0.1, 0.15) is 18.3 Å². The third-order valence-electron chi connectivity index (χ3n) is 4.05. The van der Waals surface area contributed by atoms with Crippen LogP contribution in [0.2, 0.25) is 0 Å². The van der Waals surface area contributed by atoms with E-state index < -0.39 is 37.1 Å². The van der Waals surface area contributed by atoms with Gasteiger partial charge < -0.3 is 31.3 Å². The standard InChI is InChI=1S/C13H27NO5/c14-9(6-8-4-2-1-3-5-8)11(17)13(19)12(18)10(16)7-15/h8-13,15-19H,1-7,14H2/t9-,10?,11?,12?,13+/m0/s1. The molecule has 5 atom stereocenters. The van der Waals surface area contributed by atoms with Gasteiger partial charge in [0.25, 0.3) is 0 Å². The summed E-state index contributed by atoms with van der Waals surface area (Å²) in [5.74, 6) is 0.450. The van der Waals surface area contributed by atoms with Gasteiger partial charge in [-0.2, -0.15) is 0 Å². The number of hydrogen-bond donors (Lipinski definition) is 6. The quantitative estimate of drug-likeness (QED) is 0.344. The zero-order valence-corrected chi connectivity index (χ0v) is 11.2. The molecule has 19 heavy (non-hydrogen) atoms. The van der Waals surface area contributed by atoms with E-state index in [-0.39, 0.29) is 0 Å². The van der Waals surface area contributed by atoms with E-state index in [1.807, 2.05) is 0 Å². The van der Waals surface area contributed by atoms with Crippen LogP contribution >= 0.6 is 0 Å². The molecule has 1 saturated carbocycles. The molecule has 0 amide bonds. The SMILES string of the molecule is N[C@@H](CC1CCCCC1)C(O)[C@@H](O)C(O)C(O)CO. The van der Waals surface area contributed by atoms with Crippen LogP contribution in [0.1, 0.15) is 38.5 Å². The monoisotopic (exact) mass is 277 g/mol. The van der Waals surface area contributed by atoms with Crippen molar-refractivity contribution < 1.29 is 25.5 Å². The van der Waals surface area contributed by atoms with Crippen LogP contribution in [0.5, 0.6) is 0 Å². The number of nitrogens with two attached hydrogens (primary N) is 1. The highest BCUT2D eigenvalue weighted by atomic mass is 16.4. The number of hydrogen-bond acceptors (Lipinski definition) is 6. The van der Waals surface area contributed by atoms with E-state index in [9.17, 15) is 20.4 Å². The average Bonchev–Trinajstić information content (AvgIpc) is 2.44. The summed E-state index contributed by atoms with van der Waals surface area (Å²) >= 11 is 0. The van der Waals surface area contributed by atoms with Gasteiger partial charge in [0, 0.05) is 6.04 Å². The van der Waals surface area contributed by atoms with Gasteiger partial charge in [0.05, 0.1) is 12.7 Å². The molecule has 0 saturated heterocycles. The molecule has 0 aromatic carbocycles. The van der Waals surface area contributed by atoms with Crippen LogP contribution in [0.15, 0.2) is 0 Å². The second-order valence-corrected chi connectivity index (χ2v) is 5.63. The Morgan fingerprint density at radius 3 is 2.00 bits per heavy atom. The first-order valence-corrected chi connectivity index (χ1v) is 7.06. The maximum atomic E-state index is 9.90. The zero-order chi connectivity index (χ0) is 14.4. The molecule has 1 aliphatic carbocycles. The van der Waals surface area contributed by atoms with Crippen molar-refractivity contribution in [1.82, 2.24) is 0 Å². The van der Waals surface area contributed by atoms with Gasteiger partial charge in [-0.15, -0.1) is 0 Å². The molecule has 1 aliphatic rings. The van der Waals surface area contributed by atoms with Crippen molar-refractivity contribution in [2.45, 2.75) is 69.0 Å². The van der Waals surface area contributed by atoms with Gasteiger partial charge >= 0.3 is 0 Å². The third kappa shape index (κ3) is 4.98. The van der Waals surface area contributed by atoms with E-state index in [2.05, 4.69) is 0 Å². The number of aliphatic hydroxyl groups is 5. The van der Waals surface area contributed by atoms with E-state index in [0.29, 0.717) is 12.3 Å². The minimum Gasteiger partial charge on any atom is -0.394 e. The average molecular weight is 277 g/mol. The highest BCUT2D eigenvalue weighted by Crippen LogP contribution is 2.28. The molecule has 0 aromatic heterocycles. The maximum Gasteiger partial charge on any atom is 0.111 e. The first-order valence-electron chi connectivity index (χ1n) is 7.06. The highest BCUT2D eigenvalue weighted by Gasteiger charge is 2.34. The fraction of sp³-hybridized carbons (Fsp3) is 1.00. The lowest BCUT2D eigenvalue weighted by atomic mass is 9.83. The minimum absolute atomic E-state index is 0.450. The summed E-state index contributed by atoms with van der Waals surface area (Å²) in [6.07, 6.45) is 0.390. The van der Waals surface area contributed by atoms with Crippen molar-refractivity contribution in [3.63, 3.8) is 0 Å². The lowest BCUT2D eigenvalue weighted by molar-refractivity contribution is -0.120. The summed E-state index contributed by atoms with van der Waals surface area (Å²) < 4.78 is 0. The second kappa shape index (κ2) is 8.14. The summed E-state index contributed by atoms with van der Waals surface area (Å²) in [4.78, 5) is 0. The highest BCUT2D eigenvalue weighted by molar-refractivity contribution is 4.87. The lowest BCUT2D eigenvalue weighted by Crippen LogP contribution is -2.52. The van der Waals surface area contributed by atoms with Gasteiger partial charge in [-0.05, 0) is 12.3 Å². The molecule has 0 aliphatic heterocycles. The number of aliphatic hydroxyl groups excluding tert-OH is 5. The predicted octanol–water partition coefficient (Wildman–Crippen LogP) is -1.28. The molecule has 0 heterocycles. The topological polar surface area (TPSA) is 127 Å². The Hall–Kier alpha value is -0.240. The van der Waals surface area contributed by atoms with Gasteiger partial charge in [0.15, 0.2) is 0 Å². The lowest BCUT2D eigenvalue weighted by Gasteiger charge is -2.31. The first-order chi connectivity index (χ1) is 8.97. The molecule has 0 radical (unpaired) electrons. The van der Waals surface area contributed by atoms with E-state index in [4.69, 9.17) is 10.8 Å². The van der Waals surface area contributed by atoms with Crippen LogP contribution in [0.3, 0.4) is 0 Å². The molecule has 0 aromatic rings. The molecular formula is C13H27NO5. The Kier molecular flexibility index (Phi) is 7.20. The molecular weight excluding hydrogens is 250 g/mol. The van der Waals surface area contributed by atoms with Crippen LogP contribution < -0.4 is 5.73 Å². The van der Waals surface area contributed by atoms with Crippen LogP contribution in [-0.4, -0.2) is 62.6 Å². The van der Waals surface area contributed by atoms with Crippen LogP contribution in [0.4, 0.5) is 0 Å². The molecule has 7 N–H and O–H groups in total. The van der Waals surface area contributed by atoms with Crippen molar-refractivity contribution in [3.8, 4) is 0 Å². The second-order valence-electron chi connectivity index (χ2n) is 5.63. The summed E-state index contributed by atoms with van der Waals surface area (Å²) in [5.41, 5.74) is 5.86. The normalized spacial score (nSPS) is 25.6. The zero-order valence-electron chi connectivity index (χ0n) is 11.2. The Labute approximate surface area is 113 Å². The maximum absolute atomic E-state index is 9.90. The molecule has 0 bridgehead atoms. The third-order valence-corrected chi connectivity index (χ3v) is 4.05. The van der Waals surface area contributed by atoms with Crippen molar-refractivity contribution in [1.29, 1.82) is 0 Å². The summed E-state index contributed by atoms with van der Waals surface area (Å²) in [6.45, 7) is -0.678. The van der Waals surface area contributed by atoms with Crippen molar-refractivity contribution >= 4 is 0 Å². The molecule has 3 unspecified atom stereocenters. The van der Waals surface area contributed by atoms with E-state index in [1.54, 1.807) is 0 Å². The first kappa shape index (κ1) is 16.8. The van der Waals surface area contributed by atoms with E-state index in [0.717, 1.165) is 12.8 Å². The summed E-state index contributed by atoms with van der Waals surface area (Å²) in [5, 5.41) is 47.1. The molecule has 6 nitrogen and oxygen atoms in total. The van der Waals surface area contributed by atoms with Crippen LogP contribution in [-0.2, 0) is 0 Å². The van der Waals surface area contributed by atoms with E-state index in [1.165, 1.54) is 19.3 Å². The van der Waals surface area contributed by atoms with Gasteiger partial charge in [-0.1, -0.05) is 32.1 Å².